The molecule has 1 heterocycles. The Hall–Kier alpha value is -3.28. The van der Waals surface area contributed by atoms with Crippen LogP contribution in [0.3, 0.4) is 0 Å². The smallest absolute Gasteiger partial charge is 0.270 e. The molecular formula is C17H12N2O4. The lowest BCUT2D eigenvalue weighted by molar-refractivity contribution is -0.384. The van der Waals surface area contributed by atoms with E-state index >= 15 is 0 Å². The number of carbonyl (C=O) groups is 2. The summed E-state index contributed by atoms with van der Waals surface area (Å²) in [5.41, 5.74) is 1.84. The van der Waals surface area contributed by atoms with Gasteiger partial charge in [0.25, 0.3) is 5.69 Å². The van der Waals surface area contributed by atoms with Crippen LogP contribution in [0.15, 0.2) is 48.7 Å². The third kappa shape index (κ3) is 2.40. The summed E-state index contributed by atoms with van der Waals surface area (Å²) < 4.78 is 1.71. The summed E-state index contributed by atoms with van der Waals surface area (Å²) in [5, 5.41) is 11.7. The van der Waals surface area contributed by atoms with Crippen LogP contribution in [0.1, 0.15) is 27.6 Å². The van der Waals surface area contributed by atoms with Gasteiger partial charge >= 0.3 is 0 Å². The summed E-state index contributed by atoms with van der Waals surface area (Å²) in [6, 6.07) is 11.4. The van der Waals surface area contributed by atoms with E-state index in [0.29, 0.717) is 11.3 Å². The Bertz CT molecular complexity index is 956. The number of hydrogen-bond donors (Lipinski definition) is 0. The number of nitro benzene ring substituents is 1. The van der Waals surface area contributed by atoms with Crippen LogP contribution in [0, 0.1) is 10.1 Å². The summed E-state index contributed by atoms with van der Waals surface area (Å²) >= 11 is 0. The number of hydrogen-bond acceptors (Lipinski definition) is 4. The predicted octanol–water partition coefficient (Wildman–Crippen LogP) is 3.55. The van der Waals surface area contributed by atoms with E-state index in [-0.39, 0.29) is 17.0 Å². The Morgan fingerprint density at radius 1 is 1.22 bits per heavy atom. The molecule has 0 aliphatic rings. The number of aldehydes is 1. The van der Waals surface area contributed by atoms with Gasteiger partial charge < -0.3 is 4.57 Å². The Kier molecular flexibility index (Phi) is 3.50. The first kappa shape index (κ1) is 14.6. The Labute approximate surface area is 131 Å². The molecule has 0 N–H and O–H groups in total. The molecule has 0 radical (unpaired) electrons. The van der Waals surface area contributed by atoms with Crippen LogP contribution in [-0.4, -0.2) is 21.6 Å². The predicted molar refractivity (Wildman–Crippen MR) is 85.3 cm³/mol. The first-order valence-corrected chi connectivity index (χ1v) is 6.88. The number of non-ortho nitro benzene ring substituents is 1. The lowest BCUT2D eigenvalue weighted by Crippen LogP contribution is -2.04. The van der Waals surface area contributed by atoms with Gasteiger partial charge in [0.15, 0.2) is 12.1 Å². The second-order valence-electron chi connectivity index (χ2n) is 5.10. The summed E-state index contributed by atoms with van der Waals surface area (Å²) in [6.07, 6.45) is 2.38. The number of nitro groups is 1. The first-order chi connectivity index (χ1) is 11.0. The molecule has 6 nitrogen and oxygen atoms in total. The topological polar surface area (TPSA) is 82.2 Å². The largest absolute Gasteiger partial charge is 0.315 e. The molecule has 0 unspecified atom stereocenters. The second-order valence-corrected chi connectivity index (χ2v) is 5.10. The fourth-order valence-corrected chi connectivity index (χ4v) is 2.63. The average Bonchev–Trinajstić information content (AvgIpc) is 2.93. The van der Waals surface area contributed by atoms with Gasteiger partial charge in [0.1, 0.15) is 0 Å². The molecule has 3 aromatic rings. The minimum Gasteiger partial charge on any atom is -0.315 e. The van der Waals surface area contributed by atoms with E-state index in [0.717, 1.165) is 17.2 Å². The normalized spacial score (nSPS) is 10.7. The number of aromatic nitrogens is 1. The van der Waals surface area contributed by atoms with Crippen molar-refractivity contribution in [2.75, 3.05) is 0 Å². The Balaban J connectivity index is 2.33. The van der Waals surface area contributed by atoms with Crippen molar-refractivity contribution in [1.29, 1.82) is 0 Å². The van der Waals surface area contributed by atoms with Gasteiger partial charge in [-0.05, 0) is 19.1 Å². The number of fused-ring (bicyclic) bond motifs is 1. The molecule has 0 saturated heterocycles. The summed E-state index contributed by atoms with van der Waals surface area (Å²) in [4.78, 5) is 33.6. The van der Waals surface area contributed by atoms with Gasteiger partial charge in [-0.2, -0.15) is 0 Å². The molecule has 0 fully saturated rings. The molecule has 23 heavy (non-hydrogen) atoms. The zero-order chi connectivity index (χ0) is 16.6. The highest BCUT2D eigenvalue weighted by Crippen LogP contribution is 2.28. The molecular weight excluding hydrogens is 296 g/mol. The molecule has 1 aromatic heterocycles. The quantitative estimate of drug-likeness (QED) is 0.319. The van der Waals surface area contributed by atoms with Gasteiger partial charge in [-0.3, -0.25) is 19.7 Å². The zero-order valence-electron chi connectivity index (χ0n) is 12.2. The van der Waals surface area contributed by atoms with E-state index in [9.17, 15) is 19.7 Å². The Morgan fingerprint density at radius 3 is 2.61 bits per heavy atom. The molecule has 3 rings (SSSR count). The molecule has 6 heteroatoms. The maximum atomic E-state index is 11.9. The van der Waals surface area contributed by atoms with Crippen LogP contribution in [0.5, 0.6) is 0 Å². The van der Waals surface area contributed by atoms with Crippen molar-refractivity contribution in [1.82, 2.24) is 4.57 Å². The highest BCUT2D eigenvalue weighted by atomic mass is 16.6. The molecule has 2 aromatic carbocycles. The number of para-hydroxylation sites is 1. The number of carbonyl (C=O) groups excluding carboxylic acids is 2. The molecule has 0 aliphatic heterocycles. The second kappa shape index (κ2) is 5.49. The highest BCUT2D eigenvalue weighted by Gasteiger charge is 2.17. The fourth-order valence-electron chi connectivity index (χ4n) is 2.63. The molecule has 0 amide bonds. The van der Waals surface area contributed by atoms with Crippen LogP contribution < -0.4 is 0 Å². The van der Waals surface area contributed by atoms with Gasteiger partial charge in [-0.25, -0.2) is 0 Å². The van der Waals surface area contributed by atoms with Crippen molar-refractivity contribution >= 4 is 28.7 Å². The molecule has 114 valence electrons. The molecule has 0 bridgehead atoms. The number of benzene rings is 2. The maximum absolute atomic E-state index is 11.9. The van der Waals surface area contributed by atoms with Gasteiger partial charge in [-0.1, -0.05) is 18.2 Å². The van der Waals surface area contributed by atoms with Crippen LogP contribution in [0.2, 0.25) is 0 Å². The van der Waals surface area contributed by atoms with E-state index in [1.165, 1.54) is 25.1 Å². The molecule has 0 spiro atoms. The van der Waals surface area contributed by atoms with E-state index < -0.39 is 4.92 Å². The minimum atomic E-state index is -0.541. The van der Waals surface area contributed by atoms with E-state index in [1.54, 1.807) is 10.8 Å². The van der Waals surface area contributed by atoms with Crippen LogP contribution in [0.4, 0.5) is 5.69 Å². The number of rotatable bonds is 4. The van der Waals surface area contributed by atoms with Crippen molar-refractivity contribution in [2.45, 2.75) is 6.92 Å². The fraction of sp³-hybridized carbons (Fsp3) is 0.0588. The van der Waals surface area contributed by atoms with Crippen molar-refractivity contribution in [3.63, 3.8) is 0 Å². The van der Waals surface area contributed by atoms with E-state index in [4.69, 9.17) is 0 Å². The average molecular weight is 308 g/mol. The van der Waals surface area contributed by atoms with E-state index in [2.05, 4.69) is 0 Å². The summed E-state index contributed by atoms with van der Waals surface area (Å²) in [7, 11) is 0. The molecule has 0 aliphatic carbocycles. The minimum absolute atomic E-state index is 0.147. The monoisotopic (exact) mass is 308 g/mol. The summed E-state index contributed by atoms with van der Waals surface area (Å²) in [5.74, 6) is -0.283. The van der Waals surface area contributed by atoms with Gasteiger partial charge in [0.2, 0.25) is 0 Å². The summed E-state index contributed by atoms with van der Waals surface area (Å²) in [6.45, 7) is 1.36. The van der Waals surface area contributed by atoms with E-state index in [1.807, 2.05) is 24.3 Å². The van der Waals surface area contributed by atoms with Gasteiger partial charge in [0.05, 0.1) is 16.1 Å². The molecule has 0 saturated carbocycles. The Morgan fingerprint density at radius 2 is 1.96 bits per heavy atom. The van der Waals surface area contributed by atoms with Crippen LogP contribution >= 0.6 is 0 Å². The van der Waals surface area contributed by atoms with Crippen molar-refractivity contribution in [3.05, 3.63) is 69.9 Å². The SMILES string of the molecule is CC(=O)c1cc([N+](=O)[O-])ccc1-n1cc(C=O)c2ccccc21. The van der Waals surface area contributed by atoms with Gasteiger partial charge in [-0.15, -0.1) is 0 Å². The van der Waals surface area contributed by atoms with Crippen molar-refractivity contribution in [3.8, 4) is 5.69 Å². The lowest BCUT2D eigenvalue weighted by atomic mass is 10.1. The lowest BCUT2D eigenvalue weighted by Gasteiger charge is -2.10. The molecule has 0 atom stereocenters. The number of nitrogens with zero attached hydrogens (tertiary/aromatic N) is 2. The first-order valence-electron chi connectivity index (χ1n) is 6.88. The third-order valence-corrected chi connectivity index (χ3v) is 3.70. The van der Waals surface area contributed by atoms with Crippen molar-refractivity contribution in [2.24, 2.45) is 0 Å². The number of ketones is 1. The van der Waals surface area contributed by atoms with Crippen LogP contribution in [0.25, 0.3) is 16.6 Å². The van der Waals surface area contributed by atoms with Crippen LogP contribution in [-0.2, 0) is 0 Å². The zero-order valence-corrected chi connectivity index (χ0v) is 12.2. The maximum Gasteiger partial charge on any atom is 0.270 e. The standard InChI is InChI=1S/C17H12N2O4/c1-11(21)15-8-13(19(22)23)6-7-17(15)18-9-12(10-20)14-4-2-3-5-16(14)18/h2-10H,1H3. The highest BCUT2D eigenvalue weighted by molar-refractivity contribution is 6.02. The van der Waals surface area contributed by atoms with Crippen molar-refractivity contribution < 1.29 is 14.5 Å². The third-order valence-electron chi connectivity index (χ3n) is 3.70. The van der Waals surface area contributed by atoms with Gasteiger partial charge in [0, 0.05) is 34.8 Å². The number of Topliss-reactive ketones (excluding diaryl/α,β-unsaturated/α-hetero) is 1.